The van der Waals surface area contributed by atoms with Crippen LogP contribution in [0.4, 0.5) is 32.0 Å². The molecule has 0 amide bonds. The highest BCUT2D eigenvalue weighted by Crippen LogP contribution is 2.29. The maximum Gasteiger partial charge on any atom is 0.416 e. The Bertz CT molecular complexity index is 337. The van der Waals surface area contributed by atoms with Gasteiger partial charge < -0.3 is 5.32 Å². The van der Waals surface area contributed by atoms with Crippen molar-refractivity contribution in [2.75, 3.05) is 11.9 Å². The molecule has 0 spiro atoms. The molecule has 7 heteroatoms. The van der Waals surface area contributed by atoms with Crippen LogP contribution in [0, 0.1) is 0 Å². The first-order valence-electron chi connectivity index (χ1n) is 4.16. The van der Waals surface area contributed by atoms with Crippen LogP contribution < -0.4 is 5.32 Å². The molecule has 0 saturated carbocycles. The lowest BCUT2D eigenvalue weighted by Gasteiger charge is -2.11. The lowest BCUT2D eigenvalue weighted by atomic mass is 10.2. The van der Waals surface area contributed by atoms with Gasteiger partial charge in [-0.2, -0.15) is 26.3 Å². The number of hydrogen-bond acceptors (Lipinski definition) is 1. The second-order valence-electron chi connectivity index (χ2n) is 3.04. The van der Waals surface area contributed by atoms with Gasteiger partial charge in [0.05, 0.1) is 5.56 Å². The van der Waals surface area contributed by atoms with Crippen molar-refractivity contribution < 1.29 is 26.3 Å². The fourth-order valence-electron chi connectivity index (χ4n) is 0.979. The minimum atomic E-state index is -4.48. The molecule has 1 rings (SSSR count). The minimum Gasteiger partial charge on any atom is -0.376 e. The first-order valence-corrected chi connectivity index (χ1v) is 4.16. The number of alkyl halides is 6. The van der Waals surface area contributed by atoms with E-state index in [2.05, 4.69) is 0 Å². The van der Waals surface area contributed by atoms with Crippen molar-refractivity contribution in [3.8, 4) is 0 Å². The smallest absolute Gasteiger partial charge is 0.376 e. The van der Waals surface area contributed by atoms with Gasteiger partial charge in [0.25, 0.3) is 0 Å². The molecule has 0 bridgehead atoms. The van der Waals surface area contributed by atoms with E-state index in [4.69, 9.17) is 0 Å². The van der Waals surface area contributed by atoms with Crippen LogP contribution >= 0.6 is 0 Å². The third-order valence-electron chi connectivity index (χ3n) is 1.71. The number of anilines is 1. The van der Waals surface area contributed by atoms with Crippen molar-refractivity contribution in [3.63, 3.8) is 0 Å². The summed E-state index contributed by atoms with van der Waals surface area (Å²) in [6.45, 7) is -1.28. The highest BCUT2D eigenvalue weighted by molar-refractivity contribution is 5.45. The highest BCUT2D eigenvalue weighted by atomic mass is 19.4. The summed E-state index contributed by atoms with van der Waals surface area (Å²) >= 11 is 0. The second kappa shape index (κ2) is 4.23. The lowest BCUT2D eigenvalue weighted by Crippen LogP contribution is -2.21. The summed E-state index contributed by atoms with van der Waals surface area (Å²) in [6.07, 6.45) is -8.88. The average Bonchev–Trinajstić information content (AvgIpc) is 2.13. The van der Waals surface area contributed by atoms with Crippen LogP contribution in [-0.4, -0.2) is 12.7 Å². The first kappa shape index (κ1) is 12.7. The molecule has 0 aliphatic carbocycles. The molecule has 0 aliphatic rings. The summed E-state index contributed by atoms with van der Waals surface area (Å²) in [5, 5.41) is 1.97. The predicted octanol–water partition coefficient (Wildman–Crippen LogP) is 3.68. The Morgan fingerprint density at radius 3 is 1.75 bits per heavy atom. The van der Waals surface area contributed by atoms with Gasteiger partial charge in [0.15, 0.2) is 0 Å². The fraction of sp³-hybridized carbons (Fsp3) is 0.333. The molecule has 0 atom stereocenters. The molecule has 0 unspecified atom stereocenters. The number of nitrogens with one attached hydrogen (secondary N) is 1. The van der Waals surface area contributed by atoms with Crippen LogP contribution in [0.1, 0.15) is 5.56 Å². The molecule has 0 aliphatic heterocycles. The number of rotatable bonds is 2. The van der Waals surface area contributed by atoms with Crippen molar-refractivity contribution in [3.05, 3.63) is 29.8 Å². The minimum absolute atomic E-state index is 0.00896. The Balaban J connectivity index is 2.66. The second-order valence-corrected chi connectivity index (χ2v) is 3.04. The maximum absolute atomic E-state index is 12.1. The fourth-order valence-corrected chi connectivity index (χ4v) is 0.979. The van der Waals surface area contributed by atoms with Crippen LogP contribution in [0.25, 0.3) is 0 Å². The van der Waals surface area contributed by atoms with E-state index in [-0.39, 0.29) is 5.69 Å². The molecule has 0 fully saturated rings. The number of halogens is 6. The van der Waals surface area contributed by atoms with Crippen LogP contribution in [0.2, 0.25) is 0 Å². The molecule has 0 radical (unpaired) electrons. The molecular weight excluding hydrogens is 236 g/mol. The Kier molecular flexibility index (Phi) is 3.35. The van der Waals surface area contributed by atoms with Gasteiger partial charge >= 0.3 is 12.4 Å². The molecule has 16 heavy (non-hydrogen) atoms. The van der Waals surface area contributed by atoms with Crippen LogP contribution in [0.5, 0.6) is 0 Å². The van der Waals surface area contributed by atoms with Crippen molar-refractivity contribution in [1.29, 1.82) is 0 Å². The van der Waals surface area contributed by atoms with Gasteiger partial charge in [0.2, 0.25) is 0 Å². The van der Waals surface area contributed by atoms with Gasteiger partial charge in [-0.3, -0.25) is 0 Å². The zero-order valence-corrected chi connectivity index (χ0v) is 7.78. The Hall–Kier alpha value is -1.40. The molecule has 1 N–H and O–H groups in total. The molecule has 0 aromatic heterocycles. The lowest BCUT2D eigenvalue weighted by molar-refractivity contribution is -0.137. The van der Waals surface area contributed by atoms with Crippen LogP contribution in [0.3, 0.4) is 0 Å². The van der Waals surface area contributed by atoms with Crippen LogP contribution in [-0.2, 0) is 6.18 Å². The van der Waals surface area contributed by atoms with Gasteiger partial charge in [-0.25, -0.2) is 0 Å². The van der Waals surface area contributed by atoms with Gasteiger partial charge in [-0.15, -0.1) is 0 Å². The molecule has 90 valence electrons. The Morgan fingerprint density at radius 1 is 0.875 bits per heavy atom. The number of benzene rings is 1. The summed E-state index contributed by atoms with van der Waals surface area (Å²) in [6, 6.07) is 3.35. The van der Waals surface area contributed by atoms with E-state index >= 15 is 0 Å². The Morgan fingerprint density at radius 2 is 1.38 bits per heavy atom. The van der Waals surface area contributed by atoms with Crippen molar-refractivity contribution in [2.24, 2.45) is 0 Å². The van der Waals surface area contributed by atoms with Crippen LogP contribution in [0.15, 0.2) is 24.3 Å². The van der Waals surface area contributed by atoms with E-state index in [1.54, 1.807) is 0 Å². The highest BCUT2D eigenvalue weighted by Gasteiger charge is 2.30. The van der Waals surface area contributed by atoms with Gasteiger partial charge in [0.1, 0.15) is 6.54 Å². The normalized spacial score (nSPS) is 12.6. The standard InChI is InChI=1S/C9H7F6N/c10-8(11,12)5-16-7-3-1-6(2-4-7)9(13,14)15/h1-4,16H,5H2. The van der Waals surface area contributed by atoms with E-state index in [1.165, 1.54) is 0 Å². The van der Waals surface area contributed by atoms with Gasteiger partial charge in [0, 0.05) is 5.69 Å². The first-order chi connectivity index (χ1) is 7.18. The largest absolute Gasteiger partial charge is 0.416 e. The molecule has 1 aromatic rings. The van der Waals surface area contributed by atoms with Crippen molar-refractivity contribution >= 4 is 5.69 Å². The van der Waals surface area contributed by atoms with E-state index in [1.807, 2.05) is 5.32 Å². The predicted molar refractivity (Wildman–Crippen MR) is 46.0 cm³/mol. The van der Waals surface area contributed by atoms with E-state index in [0.29, 0.717) is 0 Å². The van der Waals surface area contributed by atoms with Crippen molar-refractivity contribution in [2.45, 2.75) is 12.4 Å². The summed E-state index contributed by atoms with van der Waals surface area (Å²) in [5.41, 5.74) is -0.907. The summed E-state index contributed by atoms with van der Waals surface area (Å²) in [5.74, 6) is 0. The van der Waals surface area contributed by atoms with E-state index < -0.39 is 24.5 Å². The SMILES string of the molecule is FC(F)(F)CNc1ccc(C(F)(F)F)cc1. The number of hydrogen-bond donors (Lipinski definition) is 1. The molecule has 1 aromatic carbocycles. The molecule has 0 saturated heterocycles. The monoisotopic (exact) mass is 243 g/mol. The third-order valence-corrected chi connectivity index (χ3v) is 1.71. The molecule has 1 nitrogen and oxygen atoms in total. The Labute approximate surface area is 87.1 Å². The van der Waals surface area contributed by atoms with Crippen molar-refractivity contribution in [1.82, 2.24) is 0 Å². The third kappa shape index (κ3) is 4.00. The maximum atomic E-state index is 12.1. The molecule has 0 heterocycles. The van der Waals surface area contributed by atoms with E-state index in [0.717, 1.165) is 24.3 Å². The average molecular weight is 243 g/mol. The summed E-state index contributed by atoms with van der Waals surface area (Å²) < 4.78 is 71.6. The van der Waals surface area contributed by atoms with E-state index in [9.17, 15) is 26.3 Å². The quantitative estimate of drug-likeness (QED) is 0.781. The summed E-state index contributed by atoms with van der Waals surface area (Å²) in [4.78, 5) is 0. The molecular formula is C9H7F6N. The zero-order chi connectivity index (χ0) is 12.4. The summed E-state index contributed by atoms with van der Waals surface area (Å²) in [7, 11) is 0. The van der Waals surface area contributed by atoms with Gasteiger partial charge in [-0.1, -0.05) is 0 Å². The topological polar surface area (TPSA) is 12.0 Å². The zero-order valence-electron chi connectivity index (χ0n) is 7.78. The van der Waals surface area contributed by atoms with Gasteiger partial charge in [-0.05, 0) is 24.3 Å².